The van der Waals surface area contributed by atoms with Gasteiger partial charge in [-0.2, -0.15) is 8.42 Å². The third-order valence-electron chi connectivity index (χ3n) is 9.69. The fraction of sp³-hybridized carbons (Fsp3) is 0.325. The van der Waals surface area contributed by atoms with Gasteiger partial charge in [-0.15, -0.1) is 0 Å². The summed E-state index contributed by atoms with van der Waals surface area (Å²) in [5.74, 6) is -0.114. The van der Waals surface area contributed by atoms with Crippen LogP contribution in [-0.4, -0.2) is 82.4 Å². The smallest absolute Gasteiger partial charge is 0.410 e. The molecular formula is C40H41N5O7S. The molecule has 274 valence electrons. The minimum atomic E-state index is -4.17. The van der Waals surface area contributed by atoms with Crippen molar-refractivity contribution in [2.75, 3.05) is 19.6 Å². The highest BCUT2D eigenvalue weighted by Gasteiger charge is 2.46. The molecule has 1 atom stereocenters. The Hall–Kier alpha value is -5.56. The van der Waals surface area contributed by atoms with Gasteiger partial charge in [0.05, 0.1) is 6.54 Å². The molecule has 0 spiro atoms. The number of pyridine rings is 2. The lowest BCUT2D eigenvalue weighted by molar-refractivity contribution is -0.128. The lowest BCUT2D eigenvalue weighted by Crippen LogP contribution is -2.46. The first-order valence-electron chi connectivity index (χ1n) is 17.6. The van der Waals surface area contributed by atoms with Crippen LogP contribution in [0.15, 0.2) is 102 Å². The van der Waals surface area contributed by atoms with Gasteiger partial charge in [0.2, 0.25) is 0 Å². The number of rotatable bonds is 9. The van der Waals surface area contributed by atoms with Crippen LogP contribution in [0.25, 0.3) is 21.5 Å². The fourth-order valence-electron chi connectivity index (χ4n) is 7.03. The molecular weight excluding hydrogens is 695 g/mol. The zero-order valence-electron chi connectivity index (χ0n) is 29.8. The highest BCUT2D eigenvalue weighted by molar-refractivity contribution is 7.87. The predicted molar refractivity (Wildman–Crippen MR) is 198 cm³/mol. The second kappa shape index (κ2) is 14.5. The summed E-state index contributed by atoms with van der Waals surface area (Å²) in [6.07, 6.45) is 7.76. The van der Waals surface area contributed by atoms with Gasteiger partial charge in [-0.25, -0.2) is 9.59 Å². The fourth-order valence-corrected chi connectivity index (χ4v) is 8.19. The van der Waals surface area contributed by atoms with Crippen LogP contribution in [0.4, 0.5) is 9.59 Å². The van der Waals surface area contributed by atoms with Gasteiger partial charge in [0.15, 0.2) is 0 Å². The highest BCUT2D eigenvalue weighted by atomic mass is 32.2. The molecule has 12 nitrogen and oxygen atoms in total. The van der Waals surface area contributed by atoms with Gasteiger partial charge < -0.3 is 18.7 Å². The normalized spacial score (nSPS) is 17.2. The van der Waals surface area contributed by atoms with Gasteiger partial charge in [0.1, 0.15) is 22.3 Å². The van der Waals surface area contributed by atoms with Gasteiger partial charge >= 0.3 is 22.2 Å². The summed E-state index contributed by atoms with van der Waals surface area (Å²) in [6.45, 7) is 6.96. The van der Waals surface area contributed by atoms with Crippen molar-refractivity contribution >= 4 is 49.7 Å². The Morgan fingerprint density at radius 3 is 2.17 bits per heavy atom. The van der Waals surface area contributed by atoms with Crippen LogP contribution >= 0.6 is 0 Å². The molecule has 4 amide bonds. The van der Waals surface area contributed by atoms with Crippen molar-refractivity contribution in [3.8, 4) is 5.75 Å². The maximum Gasteiger partial charge on any atom is 0.410 e. The van der Waals surface area contributed by atoms with E-state index in [1.807, 2.05) is 45.0 Å². The number of carbonyl (C=O) groups excluding carboxylic acids is 3. The molecule has 0 aliphatic carbocycles. The molecule has 2 fully saturated rings. The molecule has 0 saturated carbocycles. The monoisotopic (exact) mass is 735 g/mol. The van der Waals surface area contributed by atoms with Crippen molar-refractivity contribution in [1.82, 2.24) is 24.7 Å². The van der Waals surface area contributed by atoms with Crippen molar-refractivity contribution in [3.05, 3.63) is 109 Å². The Kier molecular flexibility index (Phi) is 9.77. The van der Waals surface area contributed by atoms with E-state index in [4.69, 9.17) is 8.92 Å². The zero-order chi connectivity index (χ0) is 37.3. The number of carbonyl (C=O) groups is 3. The van der Waals surface area contributed by atoms with Crippen LogP contribution < -0.4 is 4.18 Å². The first-order chi connectivity index (χ1) is 25.4. The van der Waals surface area contributed by atoms with Crippen LogP contribution in [-0.2, 0) is 32.6 Å². The topological polar surface area (TPSA) is 139 Å². The van der Waals surface area contributed by atoms with Crippen LogP contribution in [0.3, 0.4) is 0 Å². The van der Waals surface area contributed by atoms with Crippen molar-refractivity contribution < 1.29 is 31.7 Å². The Balaban J connectivity index is 1.10. The Morgan fingerprint density at radius 2 is 1.49 bits per heavy atom. The SMILES string of the molecule is CC(C)(C)OC(=O)N1CCC(CN2C(=O)N(Cc3cccc4cnccc34)C(=O)C2Cc2ccc(OS(=O)(=O)c3cccc4cnccc34)cc2)CC1. The molecule has 1 unspecified atom stereocenters. The van der Waals surface area contributed by atoms with Gasteiger partial charge in [-0.3, -0.25) is 19.7 Å². The van der Waals surface area contributed by atoms with Crippen molar-refractivity contribution in [2.24, 2.45) is 5.92 Å². The molecule has 2 aromatic heterocycles. The molecule has 7 rings (SSSR count). The van der Waals surface area contributed by atoms with E-state index in [-0.39, 0.29) is 47.6 Å². The van der Waals surface area contributed by atoms with Crippen LogP contribution in [0.2, 0.25) is 0 Å². The van der Waals surface area contributed by atoms with Gasteiger partial charge in [-0.1, -0.05) is 42.5 Å². The molecule has 2 saturated heterocycles. The standard InChI is InChI=1S/C40H41N5O7S/c1-40(2,3)51-39(48)43-20-16-28(17-21-43)25-44-35(37(46)45(38(44)47)26-31-8-4-6-29-23-41-18-14-33(29)31)22-27-10-12-32(13-11-27)52-53(49,50)36-9-5-7-30-24-42-19-15-34(30)36/h4-15,18-19,23-24,28,35H,16-17,20-22,25-26H2,1-3H3. The van der Waals surface area contributed by atoms with Crippen molar-refractivity contribution in [1.29, 1.82) is 0 Å². The summed E-state index contributed by atoms with van der Waals surface area (Å²) in [7, 11) is -4.17. The average molecular weight is 736 g/mol. The van der Waals surface area contributed by atoms with Crippen LogP contribution in [0.5, 0.6) is 5.75 Å². The quantitative estimate of drug-likeness (QED) is 0.121. The Labute approximate surface area is 308 Å². The molecule has 0 bridgehead atoms. The van der Waals surface area contributed by atoms with Gasteiger partial charge in [-0.05, 0) is 86.4 Å². The number of nitrogens with zero attached hydrogens (tertiary/aromatic N) is 5. The molecule has 0 N–H and O–H groups in total. The largest absolute Gasteiger partial charge is 0.444 e. The van der Waals surface area contributed by atoms with Crippen LogP contribution in [0.1, 0.15) is 44.7 Å². The van der Waals surface area contributed by atoms with Gasteiger partial charge in [0, 0.05) is 67.0 Å². The number of aromatic nitrogens is 2. The number of imide groups is 1. The highest BCUT2D eigenvalue weighted by Crippen LogP contribution is 2.31. The zero-order valence-corrected chi connectivity index (χ0v) is 30.7. The van der Waals surface area contributed by atoms with E-state index < -0.39 is 21.8 Å². The second-order valence-electron chi connectivity index (χ2n) is 14.5. The van der Waals surface area contributed by atoms with E-state index in [0.29, 0.717) is 43.2 Å². The van der Waals surface area contributed by atoms with E-state index in [2.05, 4.69) is 9.97 Å². The third kappa shape index (κ3) is 7.80. The van der Waals surface area contributed by atoms with E-state index in [1.165, 1.54) is 17.2 Å². The molecule has 5 aromatic rings. The number of hydrogen-bond donors (Lipinski definition) is 0. The first-order valence-corrected chi connectivity index (χ1v) is 19.0. The lowest BCUT2D eigenvalue weighted by atomic mass is 9.95. The summed E-state index contributed by atoms with van der Waals surface area (Å²) >= 11 is 0. The molecule has 13 heteroatoms. The van der Waals surface area contributed by atoms with E-state index in [0.717, 1.165) is 21.9 Å². The van der Waals surface area contributed by atoms with E-state index in [1.54, 1.807) is 70.9 Å². The molecule has 0 radical (unpaired) electrons. The lowest BCUT2D eigenvalue weighted by Gasteiger charge is -2.35. The molecule has 53 heavy (non-hydrogen) atoms. The Bertz CT molecular complexity index is 2270. The van der Waals surface area contributed by atoms with Gasteiger partial charge in [0.25, 0.3) is 5.91 Å². The number of urea groups is 1. The Morgan fingerprint density at radius 1 is 0.849 bits per heavy atom. The molecule has 2 aliphatic rings. The number of likely N-dealkylation sites (tertiary alicyclic amines) is 1. The van der Waals surface area contributed by atoms with Crippen molar-refractivity contribution in [3.63, 3.8) is 0 Å². The molecule has 3 aromatic carbocycles. The summed E-state index contributed by atoms with van der Waals surface area (Å²) < 4.78 is 37.7. The molecule has 4 heterocycles. The summed E-state index contributed by atoms with van der Waals surface area (Å²) in [5, 5.41) is 3.01. The number of piperidine rings is 1. The van der Waals surface area contributed by atoms with Crippen LogP contribution in [0, 0.1) is 5.92 Å². The summed E-state index contributed by atoms with van der Waals surface area (Å²) in [4.78, 5) is 54.0. The number of ether oxygens (including phenoxy) is 1. The third-order valence-corrected chi connectivity index (χ3v) is 11.0. The number of fused-ring (bicyclic) bond motifs is 2. The number of amides is 4. The molecule has 2 aliphatic heterocycles. The van der Waals surface area contributed by atoms with E-state index in [9.17, 15) is 22.8 Å². The first kappa shape index (κ1) is 35.8. The number of benzene rings is 3. The second-order valence-corrected chi connectivity index (χ2v) is 16.1. The summed E-state index contributed by atoms with van der Waals surface area (Å²) in [5.41, 5.74) is 0.976. The average Bonchev–Trinajstić information content (AvgIpc) is 3.35. The maximum absolute atomic E-state index is 14.2. The summed E-state index contributed by atoms with van der Waals surface area (Å²) in [6, 6.07) is 19.6. The maximum atomic E-state index is 14.2. The minimum Gasteiger partial charge on any atom is -0.444 e. The van der Waals surface area contributed by atoms with E-state index >= 15 is 0 Å². The van der Waals surface area contributed by atoms with Crippen molar-refractivity contribution in [2.45, 2.75) is 63.1 Å². The number of hydrogen-bond acceptors (Lipinski definition) is 9. The predicted octanol–water partition coefficient (Wildman–Crippen LogP) is 6.57. The minimum absolute atomic E-state index is 0.0339.